The number of carbonyl (C=O) groups excluding carboxylic acids is 3. The van der Waals surface area contributed by atoms with E-state index in [0.29, 0.717) is 38.5 Å². The summed E-state index contributed by atoms with van der Waals surface area (Å²) in [6.07, 6.45) is 7.58. The number of nitrogens with one attached hydrogen (secondary N) is 1. The predicted octanol–water partition coefficient (Wildman–Crippen LogP) is 3.04. The van der Waals surface area contributed by atoms with E-state index in [1.54, 1.807) is 4.90 Å². The number of hydrogen-bond donors (Lipinski definition) is 1. The van der Waals surface area contributed by atoms with Gasteiger partial charge in [-0.3, -0.25) is 14.4 Å². The van der Waals surface area contributed by atoms with Crippen molar-refractivity contribution in [2.45, 2.75) is 64.3 Å². The Morgan fingerprint density at radius 3 is 2.27 bits per heavy atom. The van der Waals surface area contributed by atoms with Crippen molar-refractivity contribution in [3.8, 4) is 0 Å². The molecule has 0 bridgehead atoms. The molecule has 1 aliphatic carbocycles. The molecule has 1 saturated carbocycles. The molecule has 6 heteroatoms. The highest BCUT2D eigenvalue weighted by molar-refractivity contribution is 6.00. The van der Waals surface area contributed by atoms with Crippen LogP contribution in [-0.2, 0) is 14.4 Å². The van der Waals surface area contributed by atoms with Gasteiger partial charge in [0.15, 0.2) is 0 Å². The van der Waals surface area contributed by atoms with Crippen LogP contribution in [0.1, 0.15) is 56.9 Å². The van der Waals surface area contributed by atoms with Gasteiger partial charge in [0.25, 0.3) is 0 Å². The van der Waals surface area contributed by atoms with E-state index in [1.165, 1.54) is 19.3 Å². The molecule has 1 N–H and O–H groups in total. The van der Waals surface area contributed by atoms with Gasteiger partial charge >= 0.3 is 0 Å². The number of carbonyl (C=O) groups is 3. The average molecular weight is 412 g/mol. The van der Waals surface area contributed by atoms with E-state index < -0.39 is 0 Å². The molecule has 3 fully saturated rings. The number of rotatable bonds is 4. The molecule has 0 radical (unpaired) electrons. The van der Waals surface area contributed by atoms with Crippen LogP contribution in [-0.4, -0.2) is 48.3 Å². The van der Waals surface area contributed by atoms with Crippen molar-refractivity contribution < 1.29 is 14.4 Å². The first-order valence-corrected chi connectivity index (χ1v) is 11.5. The smallest absolute Gasteiger partial charge is 0.228 e. The SMILES string of the molecule is Cc1ccc(N2CC(C(=O)N3CCC(C(=O)NC4CCCCC4)CC3)CC2=O)cc1. The van der Waals surface area contributed by atoms with Crippen molar-refractivity contribution in [3.05, 3.63) is 29.8 Å². The van der Waals surface area contributed by atoms with E-state index in [4.69, 9.17) is 0 Å². The first kappa shape index (κ1) is 20.9. The number of nitrogens with zero attached hydrogens (tertiary/aromatic N) is 2. The van der Waals surface area contributed by atoms with Crippen molar-refractivity contribution in [2.75, 3.05) is 24.5 Å². The summed E-state index contributed by atoms with van der Waals surface area (Å²) in [5.74, 6) is -0.0460. The summed E-state index contributed by atoms with van der Waals surface area (Å²) in [5, 5.41) is 3.23. The van der Waals surface area contributed by atoms with Crippen LogP contribution in [0.5, 0.6) is 0 Å². The van der Waals surface area contributed by atoms with Crippen molar-refractivity contribution in [3.63, 3.8) is 0 Å². The monoisotopic (exact) mass is 411 g/mol. The summed E-state index contributed by atoms with van der Waals surface area (Å²) >= 11 is 0. The van der Waals surface area contributed by atoms with E-state index in [2.05, 4.69) is 5.32 Å². The number of anilines is 1. The minimum absolute atomic E-state index is 0.00486. The average Bonchev–Trinajstić information content (AvgIpc) is 3.16. The molecule has 0 spiro atoms. The maximum absolute atomic E-state index is 13.0. The normalized spacial score (nSPS) is 23.6. The van der Waals surface area contributed by atoms with Crippen molar-refractivity contribution in [1.29, 1.82) is 0 Å². The van der Waals surface area contributed by atoms with Crippen LogP contribution < -0.4 is 10.2 Å². The second-order valence-electron chi connectivity index (χ2n) is 9.18. The quantitative estimate of drug-likeness (QED) is 0.828. The Hall–Kier alpha value is -2.37. The summed E-state index contributed by atoms with van der Waals surface area (Å²) < 4.78 is 0. The number of amides is 3. The van der Waals surface area contributed by atoms with Crippen LogP contribution in [0, 0.1) is 18.8 Å². The largest absolute Gasteiger partial charge is 0.353 e. The molecule has 1 atom stereocenters. The van der Waals surface area contributed by atoms with Gasteiger partial charge in [0.05, 0.1) is 5.92 Å². The summed E-state index contributed by atoms with van der Waals surface area (Å²) in [6, 6.07) is 8.19. The van der Waals surface area contributed by atoms with E-state index in [1.807, 2.05) is 36.1 Å². The zero-order valence-electron chi connectivity index (χ0n) is 17.9. The maximum Gasteiger partial charge on any atom is 0.228 e. The third-order valence-electron chi connectivity index (χ3n) is 6.95. The molecule has 2 saturated heterocycles. The highest BCUT2D eigenvalue weighted by atomic mass is 16.2. The Kier molecular flexibility index (Phi) is 6.40. The van der Waals surface area contributed by atoms with Gasteiger partial charge in [0.1, 0.15) is 0 Å². The third-order valence-corrected chi connectivity index (χ3v) is 6.95. The number of piperidine rings is 1. The molecule has 1 aromatic carbocycles. The van der Waals surface area contributed by atoms with Crippen molar-refractivity contribution in [2.24, 2.45) is 11.8 Å². The third kappa shape index (κ3) is 4.68. The van der Waals surface area contributed by atoms with Gasteiger partial charge in [-0.2, -0.15) is 0 Å². The minimum atomic E-state index is -0.286. The molecule has 0 aromatic heterocycles. The predicted molar refractivity (Wildman–Crippen MR) is 116 cm³/mol. The highest BCUT2D eigenvalue weighted by Crippen LogP contribution is 2.28. The fraction of sp³-hybridized carbons (Fsp3) is 0.625. The minimum Gasteiger partial charge on any atom is -0.353 e. The molecule has 1 unspecified atom stereocenters. The van der Waals surface area contributed by atoms with Gasteiger partial charge in [-0.05, 0) is 44.7 Å². The molecule has 3 amide bonds. The molecular weight excluding hydrogens is 378 g/mol. The fourth-order valence-corrected chi connectivity index (χ4v) is 5.03. The van der Waals surface area contributed by atoms with E-state index in [0.717, 1.165) is 24.1 Å². The first-order valence-electron chi connectivity index (χ1n) is 11.5. The van der Waals surface area contributed by atoms with E-state index in [-0.39, 0.29) is 36.0 Å². The van der Waals surface area contributed by atoms with E-state index in [9.17, 15) is 14.4 Å². The number of hydrogen-bond acceptors (Lipinski definition) is 3. The summed E-state index contributed by atoms with van der Waals surface area (Å²) in [4.78, 5) is 41.7. The fourth-order valence-electron chi connectivity index (χ4n) is 5.03. The van der Waals surface area contributed by atoms with Crippen molar-refractivity contribution >= 4 is 23.4 Å². The highest BCUT2D eigenvalue weighted by Gasteiger charge is 2.38. The van der Waals surface area contributed by atoms with Gasteiger partial charge in [-0.15, -0.1) is 0 Å². The Bertz CT molecular complexity index is 777. The van der Waals surface area contributed by atoms with Gasteiger partial charge in [-0.1, -0.05) is 37.0 Å². The van der Waals surface area contributed by atoms with Crippen LogP contribution >= 0.6 is 0 Å². The summed E-state index contributed by atoms with van der Waals surface area (Å²) in [5.41, 5.74) is 2.01. The Morgan fingerprint density at radius 2 is 1.60 bits per heavy atom. The summed E-state index contributed by atoms with van der Waals surface area (Å²) in [6.45, 7) is 3.68. The van der Waals surface area contributed by atoms with Gasteiger partial charge in [0.2, 0.25) is 17.7 Å². The van der Waals surface area contributed by atoms with Gasteiger partial charge in [-0.25, -0.2) is 0 Å². The van der Waals surface area contributed by atoms with Crippen LogP contribution in [0.4, 0.5) is 5.69 Å². The molecule has 6 nitrogen and oxygen atoms in total. The molecule has 162 valence electrons. The van der Waals surface area contributed by atoms with Crippen LogP contribution in [0.2, 0.25) is 0 Å². The first-order chi connectivity index (χ1) is 14.5. The zero-order valence-corrected chi connectivity index (χ0v) is 17.9. The second kappa shape index (κ2) is 9.19. The molecular formula is C24H33N3O3. The lowest BCUT2D eigenvalue weighted by molar-refractivity contribution is -0.139. The maximum atomic E-state index is 13.0. The molecule has 2 aliphatic heterocycles. The number of benzene rings is 1. The lowest BCUT2D eigenvalue weighted by atomic mass is 9.92. The second-order valence-corrected chi connectivity index (χ2v) is 9.18. The Morgan fingerprint density at radius 1 is 0.933 bits per heavy atom. The van der Waals surface area contributed by atoms with Crippen molar-refractivity contribution in [1.82, 2.24) is 10.2 Å². The van der Waals surface area contributed by atoms with Gasteiger partial charge < -0.3 is 15.1 Å². The Balaban J connectivity index is 1.27. The molecule has 30 heavy (non-hydrogen) atoms. The van der Waals surface area contributed by atoms with Crippen LogP contribution in [0.3, 0.4) is 0 Å². The van der Waals surface area contributed by atoms with Crippen LogP contribution in [0.15, 0.2) is 24.3 Å². The van der Waals surface area contributed by atoms with Gasteiger partial charge in [0, 0.05) is 43.7 Å². The lowest BCUT2D eigenvalue weighted by Crippen LogP contribution is -2.47. The Labute approximate surface area is 179 Å². The summed E-state index contributed by atoms with van der Waals surface area (Å²) in [7, 11) is 0. The number of likely N-dealkylation sites (tertiary alicyclic amines) is 1. The van der Waals surface area contributed by atoms with Crippen LogP contribution in [0.25, 0.3) is 0 Å². The standard InChI is InChI=1S/C24H33N3O3/c1-17-7-9-21(10-8-17)27-16-19(15-22(27)28)24(30)26-13-11-18(12-14-26)23(29)25-20-5-3-2-4-6-20/h7-10,18-20H,2-6,11-16H2,1H3,(H,25,29). The molecule has 3 aliphatic rings. The van der Waals surface area contributed by atoms with E-state index >= 15 is 0 Å². The molecule has 4 rings (SSSR count). The number of aryl methyl sites for hydroxylation is 1. The molecule has 2 heterocycles. The topological polar surface area (TPSA) is 69.7 Å². The zero-order chi connectivity index (χ0) is 21.1. The lowest BCUT2D eigenvalue weighted by Gasteiger charge is -2.34. The molecule has 1 aromatic rings.